The topological polar surface area (TPSA) is 23.6 Å². The molecule has 0 unspecified atom stereocenters. The third-order valence-corrected chi connectivity index (χ3v) is 4.73. The summed E-state index contributed by atoms with van der Waals surface area (Å²) >= 11 is 0. The molecule has 0 saturated carbocycles. The van der Waals surface area contributed by atoms with E-state index in [1.54, 1.807) is 0 Å². The fraction of sp³-hybridized carbons (Fsp3) is 0.350. The monoisotopic (exact) mass is 308 g/mol. The smallest absolute Gasteiger partial charge is 0.244 e. The van der Waals surface area contributed by atoms with Crippen molar-refractivity contribution < 1.29 is 4.79 Å². The standard InChI is InChI=1S/C20H24N2O/c1-15-7-6-10-19(13-15)22-12-11-21(17(3)20(22)23)14-18-9-5-4-8-16(18)2/h4-10,13,17H,11-12,14H2,1-3H3/t17-/m1/s1. The van der Waals surface area contributed by atoms with E-state index in [1.165, 1.54) is 16.7 Å². The normalized spacial score (nSPS) is 19.2. The van der Waals surface area contributed by atoms with Crippen molar-refractivity contribution in [3.63, 3.8) is 0 Å². The predicted octanol–water partition coefficient (Wildman–Crippen LogP) is 3.54. The third-order valence-electron chi connectivity index (χ3n) is 4.73. The molecule has 1 aliphatic rings. The highest BCUT2D eigenvalue weighted by Crippen LogP contribution is 2.23. The maximum Gasteiger partial charge on any atom is 0.244 e. The average Bonchev–Trinajstić information content (AvgIpc) is 2.54. The van der Waals surface area contributed by atoms with Crippen molar-refractivity contribution in [1.29, 1.82) is 0 Å². The minimum absolute atomic E-state index is 0.0936. The maximum atomic E-state index is 12.8. The summed E-state index contributed by atoms with van der Waals surface area (Å²) < 4.78 is 0. The van der Waals surface area contributed by atoms with Crippen molar-refractivity contribution in [2.24, 2.45) is 0 Å². The van der Waals surface area contributed by atoms with E-state index in [-0.39, 0.29) is 11.9 Å². The molecule has 0 spiro atoms. The molecule has 1 atom stereocenters. The molecule has 23 heavy (non-hydrogen) atoms. The molecule has 0 bridgehead atoms. The van der Waals surface area contributed by atoms with Crippen LogP contribution in [0.15, 0.2) is 48.5 Å². The fourth-order valence-corrected chi connectivity index (χ4v) is 3.19. The van der Waals surface area contributed by atoms with E-state index in [0.717, 1.165) is 25.3 Å². The molecule has 0 N–H and O–H groups in total. The van der Waals surface area contributed by atoms with Crippen molar-refractivity contribution in [2.45, 2.75) is 33.4 Å². The lowest BCUT2D eigenvalue weighted by molar-refractivity contribution is -0.125. The SMILES string of the molecule is Cc1cccc(N2CCN(Cc3ccccc3C)[C@H](C)C2=O)c1. The van der Waals surface area contributed by atoms with E-state index in [2.05, 4.69) is 55.1 Å². The minimum Gasteiger partial charge on any atom is -0.310 e. The van der Waals surface area contributed by atoms with Gasteiger partial charge in [0.25, 0.3) is 0 Å². The predicted molar refractivity (Wildman–Crippen MR) is 94.6 cm³/mol. The lowest BCUT2D eigenvalue weighted by Crippen LogP contribution is -2.55. The number of hydrogen-bond donors (Lipinski definition) is 0. The van der Waals surface area contributed by atoms with Crippen LogP contribution in [0.2, 0.25) is 0 Å². The van der Waals surface area contributed by atoms with E-state index in [1.807, 2.05) is 24.0 Å². The quantitative estimate of drug-likeness (QED) is 0.866. The van der Waals surface area contributed by atoms with E-state index in [0.29, 0.717) is 0 Å². The van der Waals surface area contributed by atoms with Crippen LogP contribution in [-0.4, -0.2) is 29.9 Å². The molecule has 2 aromatic rings. The Kier molecular flexibility index (Phi) is 4.49. The highest BCUT2D eigenvalue weighted by Gasteiger charge is 2.32. The number of carbonyl (C=O) groups excluding carboxylic acids is 1. The third kappa shape index (κ3) is 3.30. The summed E-state index contributed by atoms with van der Waals surface area (Å²) in [5, 5.41) is 0. The van der Waals surface area contributed by atoms with E-state index in [9.17, 15) is 4.79 Å². The summed E-state index contributed by atoms with van der Waals surface area (Å²) in [4.78, 5) is 17.0. The van der Waals surface area contributed by atoms with Gasteiger partial charge in [0, 0.05) is 25.3 Å². The van der Waals surface area contributed by atoms with E-state index < -0.39 is 0 Å². The average molecular weight is 308 g/mol. The van der Waals surface area contributed by atoms with Gasteiger partial charge in [-0.1, -0.05) is 36.4 Å². The molecule has 1 aliphatic heterocycles. The molecule has 1 heterocycles. The van der Waals surface area contributed by atoms with Crippen LogP contribution in [-0.2, 0) is 11.3 Å². The Balaban J connectivity index is 1.75. The van der Waals surface area contributed by atoms with Crippen LogP contribution in [0.1, 0.15) is 23.6 Å². The molecule has 3 nitrogen and oxygen atoms in total. The molecular formula is C20H24N2O. The van der Waals surface area contributed by atoms with Gasteiger partial charge in [-0.25, -0.2) is 0 Å². The Labute approximate surface area is 138 Å². The van der Waals surface area contributed by atoms with Crippen molar-refractivity contribution in [3.8, 4) is 0 Å². The summed E-state index contributed by atoms with van der Waals surface area (Å²) in [6.07, 6.45) is 0. The van der Waals surface area contributed by atoms with Crippen molar-refractivity contribution in [3.05, 3.63) is 65.2 Å². The van der Waals surface area contributed by atoms with Gasteiger partial charge in [-0.05, 0) is 49.6 Å². The van der Waals surface area contributed by atoms with E-state index >= 15 is 0 Å². The lowest BCUT2D eigenvalue weighted by Gasteiger charge is -2.39. The molecule has 1 amide bonds. The largest absolute Gasteiger partial charge is 0.310 e. The number of amides is 1. The van der Waals surface area contributed by atoms with Crippen molar-refractivity contribution in [1.82, 2.24) is 4.90 Å². The lowest BCUT2D eigenvalue weighted by atomic mass is 10.1. The van der Waals surface area contributed by atoms with Gasteiger partial charge < -0.3 is 4.90 Å². The number of piperazine rings is 1. The summed E-state index contributed by atoms with van der Waals surface area (Å²) in [5.41, 5.74) is 4.78. The van der Waals surface area contributed by atoms with Gasteiger partial charge in [0.1, 0.15) is 0 Å². The summed E-state index contributed by atoms with van der Waals surface area (Å²) in [7, 11) is 0. The van der Waals surface area contributed by atoms with E-state index in [4.69, 9.17) is 0 Å². The number of anilines is 1. The molecule has 0 radical (unpaired) electrons. The molecule has 3 rings (SSSR count). The van der Waals surface area contributed by atoms with Gasteiger partial charge in [0.2, 0.25) is 5.91 Å². The van der Waals surface area contributed by atoms with Gasteiger partial charge in [0.05, 0.1) is 6.04 Å². The maximum absolute atomic E-state index is 12.8. The second kappa shape index (κ2) is 6.55. The first kappa shape index (κ1) is 15.8. The first-order valence-corrected chi connectivity index (χ1v) is 8.23. The minimum atomic E-state index is -0.0936. The Bertz CT molecular complexity index is 710. The zero-order chi connectivity index (χ0) is 16.4. The zero-order valence-electron chi connectivity index (χ0n) is 14.1. The second-order valence-electron chi connectivity index (χ2n) is 6.40. The zero-order valence-corrected chi connectivity index (χ0v) is 14.1. The number of nitrogens with zero attached hydrogens (tertiary/aromatic N) is 2. The Hall–Kier alpha value is -2.13. The van der Waals surface area contributed by atoms with Gasteiger partial charge in [-0.2, -0.15) is 0 Å². The molecule has 1 saturated heterocycles. The summed E-state index contributed by atoms with van der Waals surface area (Å²) in [6, 6.07) is 16.5. The molecule has 0 aliphatic carbocycles. The van der Waals surface area contributed by atoms with Gasteiger partial charge in [0.15, 0.2) is 0 Å². The van der Waals surface area contributed by atoms with Crippen LogP contribution in [0.25, 0.3) is 0 Å². The molecule has 3 heteroatoms. The van der Waals surface area contributed by atoms with Crippen LogP contribution in [0.3, 0.4) is 0 Å². The highest BCUT2D eigenvalue weighted by molar-refractivity contribution is 5.97. The van der Waals surface area contributed by atoms with Gasteiger partial charge >= 0.3 is 0 Å². The van der Waals surface area contributed by atoms with Crippen molar-refractivity contribution >= 4 is 11.6 Å². The number of hydrogen-bond acceptors (Lipinski definition) is 2. The first-order valence-electron chi connectivity index (χ1n) is 8.23. The first-order chi connectivity index (χ1) is 11.1. The second-order valence-corrected chi connectivity index (χ2v) is 6.40. The van der Waals surface area contributed by atoms with Crippen LogP contribution >= 0.6 is 0 Å². The van der Waals surface area contributed by atoms with Crippen LogP contribution in [0.4, 0.5) is 5.69 Å². The number of carbonyl (C=O) groups is 1. The van der Waals surface area contributed by atoms with Crippen molar-refractivity contribution in [2.75, 3.05) is 18.0 Å². The Morgan fingerprint density at radius 2 is 1.83 bits per heavy atom. The molecule has 120 valence electrons. The number of aryl methyl sites for hydroxylation is 2. The summed E-state index contributed by atoms with van der Waals surface area (Å²) in [5.74, 6) is 0.190. The van der Waals surface area contributed by atoms with Crippen LogP contribution in [0, 0.1) is 13.8 Å². The van der Waals surface area contributed by atoms with Crippen LogP contribution < -0.4 is 4.90 Å². The Morgan fingerprint density at radius 3 is 2.57 bits per heavy atom. The molecule has 2 aromatic carbocycles. The van der Waals surface area contributed by atoms with Crippen LogP contribution in [0.5, 0.6) is 0 Å². The molecular weight excluding hydrogens is 284 g/mol. The molecule has 0 aromatic heterocycles. The fourth-order valence-electron chi connectivity index (χ4n) is 3.19. The summed E-state index contributed by atoms with van der Waals surface area (Å²) in [6.45, 7) is 8.69. The Morgan fingerprint density at radius 1 is 1.04 bits per heavy atom. The number of benzene rings is 2. The number of rotatable bonds is 3. The van der Waals surface area contributed by atoms with Gasteiger partial charge in [-0.15, -0.1) is 0 Å². The highest BCUT2D eigenvalue weighted by atomic mass is 16.2. The molecule has 1 fully saturated rings. The van der Waals surface area contributed by atoms with Gasteiger partial charge in [-0.3, -0.25) is 9.69 Å².